The van der Waals surface area contributed by atoms with Gasteiger partial charge in [-0.15, -0.1) is 0 Å². The first-order valence-corrected chi connectivity index (χ1v) is 7.97. The van der Waals surface area contributed by atoms with Crippen molar-refractivity contribution in [2.75, 3.05) is 13.2 Å². The second-order valence-electron chi connectivity index (χ2n) is 7.07. The molecular formula is C18H25NO4. The van der Waals surface area contributed by atoms with Crippen molar-refractivity contribution in [1.29, 1.82) is 0 Å². The fourth-order valence-corrected chi connectivity index (χ4v) is 2.97. The van der Waals surface area contributed by atoms with Crippen molar-refractivity contribution in [3.63, 3.8) is 0 Å². The number of carboxylic acid groups (broad SMARTS) is 1. The Balaban J connectivity index is 2.12. The van der Waals surface area contributed by atoms with Crippen LogP contribution in [0.5, 0.6) is 5.75 Å². The van der Waals surface area contributed by atoms with E-state index in [1.807, 2.05) is 25.1 Å². The summed E-state index contributed by atoms with van der Waals surface area (Å²) in [6.07, 6.45) is 1.24. The predicted molar refractivity (Wildman–Crippen MR) is 87.7 cm³/mol. The van der Waals surface area contributed by atoms with E-state index >= 15 is 0 Å². The van der Waals surface area contributed by atoms with Crippen LogP contribution in [0.2, 0.25) is 0 Å². The highest BCUT2D eigenvalue weighted by atomic mass is 16.5. The van der Waals surface area contributed by atoms with Crippen molar-refractivity contribution >= 4 is 11.9 Å². The molecule has 0 spiro atoms. The van der Waals surface area contributed by atoms with Crippen LogP contribution in [-0.4, -0.2) is 41.1 Å². The van der Waals surface area contributed by atoms with Gasteiger partial charge in [-0.05, 0) is 36.3 Å². The van der Waals surface area contributed by atoms with Crippen LogP contribution in [0.3, 0.4) is 0 Å². The molecule has 0 aliphatic carbocycles. The highest BCUT2D eigenvalue weighted by molar-refractivity contribution is 5.85. The smallest absolute Gasteiger partial charge is 0.326 e. The quantitative estimate of drug-likeness (QED) is 0.926. The number of likely N-dealkylation sites (tertiary alicyclic amines) is 1. The fraction of sp³-hybridized carbons (Fsp3) is 0.556. The van der Waals surface area contributed by atoms with E-state index in [9.17, 15) is 14.7 Å². The van der Waals surface area contributed by atoms with Crippen LogP contribution in [0.4, 0.5) is 0 Å². The molecule has 126 valence electrons. The summed E-state index contributed by atoms with van der Waals surface area (Å²) in [5, 5.41) is 9.18. The number of rotatable bonds is 4. The lowest BCUT2D eigenvalue weighted by atomic mass is 9.85. The molecule has 0 aromatic heterocycles. The summed E-state index contributed by atoms with van der Waals surface area (Å²) in [6.45, 7) is 8.59. The third-order valence-electron chi connectivity index (χ3n) is 4.22. The number of hydrogen-bond acceptors (Lipinski definition) is 3. The zero-order valence-corrected chi connectivity index (χ0v) is 14.3. The average molecular weight is 319 g/mol. The van der Waals surface area contributed by atoms with E-state index in [0.717, 1.165) is 23.3 Å². The number of para-hydroxylation sites is 1. The number of aliphatic carboxylic acids is 1. The molecule has 1 saturated heterocycles. The van der Waals surface area contributed by atoms with Gasteiger partial charge in [0.1, 0.15) is 11.8 Å². The van der Waals surface area contributed by atoms with Gasteiger partial charge < -0.3 is 14.7 Å². The van der Waals surface area contributed by atoms with Crippen LogP contribution in [0.1, 0.15) is 44.7 Å². The molecule has 0 radical (unpaired) electrons. The Kier molecular flexibility index (Phi) is 4.97. The van der Waals surface area contributed by atoms with E-state index in [-0.39, 0.29) is 17.9 Å². The summed E-state index contributed by atoms with van der Waals surface area (Å²) in [6, 6.07) is 5.21. The number of carboxylic acids is 1. The molecule has 0 bridgehead atoms. The highest BCUT2D eigenvalue weighted by Gasteiger charge is 2.34. The van der Waals surface area contributed by atoms with Crippen LogP contribution >= 0.6 is 0 Å². The molecule has 1 unspecified atom stereocenters. The van der Waals surface area contributed by atoms with E-state index in [0.29, 0.717) is 13.0 Å². The summed E-state index contributed by atoms with van der Waals surface area (Å²) in [5.74, 6) is -0.487. The summed E-state index contributed by atoms with van der Waals surface area (Å²) in [5.41, 5.74) is 1.92. The van der Waals surface area contributed by atoms with E-state index in [1.54, 1.807) is 0 Å². The van der Waals surface area contributed by atoms with Gasteiger partial charge >= 0.3 is 5.97 Å². The van der Waals surface area contributed by atoms with Gasteiger partial charge in [0.15, 0.2) is 6.61 Å². The monoisotopic (exact) mass is 319 g/mol. The molecule has 2 rings (SSSR count). The molecule has 1 aliphatic rings. The molecule has 1 N–H and O–H groups in total. The molecule has 1 fully saturated rings. The molecule has 1 heterocycles. The molecule has 1 aromatic rings. The Morgan fingerprint density at radius 3 is 2.65 bits per heavy atom. The summed E-state index contributed by atoms with van der Waals surface area (Å²) < 4.78 is 5.81. The lowest BCUT2D eigenvalue weighted by molar-refractivity contribution is -0.149. The SMILES string of the molecule is Cc1cccc(C(C)(C)C)c1OCC(=O)N1CCCC1C(=O)O. The number of amides is 1. The van der Waals surface area contributed by atoms with Crippen molar-refractivity contribution in [2.24, 2.45) is 0 Å². The standard InChI is InChI=1S/C18H25NO4/c1-12-7-5-8-13(18(2,3)4)16(12)23-11-15(20)19-10-6-9-14(19)17(21)22/h5,7-8,14H,6,9-11H2,1-4H3,(H,21,22). The number of hydrogen-bond donors (Lipinski definition) is 1. The van der Waals surface area contributed by atoms with Gasteiger partial charge in [-0.3, -0.25) is 4.79 Å². The van der Waals surface area contributed by atoms with Gasteiger partial charge in [0.2, 0.25) is 0 Å². The maximum Gasteiger partial charge on any atom is 0.326 e. The fourth-order valence-electron chi connectivity index (χ4n) is 2.97. The average Bonchev–Trinajstić information content (AvgIpc) is 2.94. The van der Waals surface area contributed by atoms with Crippen molar-refractivity contribution in [3.8, 4) is 5.75 Å². The minimum atomic E-state index is -0.942. The van der Waals surface area contributed by atoms with Gasteiger partial charge in [-0.2, -0.15) is 0 Å². The zero-order chi connectivity index (χ0) is 17.2. The first kappa shape index (κ1) is 17.3. The number of ether oxygens (including phenoxy) is 1. The third kappa shape index (κ3) is 3.84. The number of aryl methyl sites for hydroxylation is 1. The Morgan fingerprint density at radius 2 is 2.04 bits per heavy atom. The van der Waals surface area contributed by atoms with Crippen molar-refractivity contribution in [1.82, 2.24) is 4.90 Å². The number of carbonyl (C=O) groups excluding carboxylic acids is 1. The predicted octanol–water partition coefficient (Wildman–Crippen LogP) is 2.75. The van der Waals surface area contributed by atoms with Crippen LogP contribution < -0.4 is 4.74 Å². The summed E-state index contributed by atoms with van der Waals surface area (Å²) in [7, 11) is 0. The second kappa shape index (κ2) is 6.60. The van der Waals surface area contributed by atoms with E-state index in [1.165, 1.54) is 4.90 Å². The van der Waals surface area contributed by atoms with Gasteiger partial charge in [-0.1, -0.05) is 39.0 Å². The zero-order valence-electron chi connectivity index (χ0n) is 14.3. The molecule has 1 amide bonds. The van der Waals surface area contributed by atoms with Gasteiger partial charge in [0.05, 0.1) is 0 Å². The lowest BCUT2D eigenvalue weighted by Crippen LogP contribution is -2.42. The molecule has 1 aliphatic heterocycles. The maximum absolute atomic E-state index is 12.3. The van der Waals surface area contributed by atoms with Gasteiger partial charge in [-0.25, -0.2) is 4.79 Å². The minimum Gasteiger partial charge on any atom is -0.483 e. The van der Waals surface area contributed by atoms with E-state index in [4.69, 9.17) is 4.74 Å². The molecule has 1 atom stereocenters. The molecule has 5 nitrogen and oxygen atoms in total. The Hall–Kier alpha value is -2.04. The summed E-state index contributed by atoms with van der Waals surface area (Å²) in [4.78, 5) is 25.0. The summed E-state index contributed by atoms with van der Waals surface area (Å²) >= 11 is 0. The van der Waals surface area contributed by atoms with E-state index < -0.39 is 12.0 Å². The van der Waals surface area contributed by atoms with Crippen LogP contribution in [0.15, 0.2) is 18.2 Å². The largest absolute Gasteiger partial charge is 0.483 e. The first-order valence-electron chi connectivity index (χ1n) is 7.97. The molecular weight excluding hydrogens is 294 g/mol. The molecule has 1 aromatic carbocycles. The highest BCUT2D eigenvalue weighted by Crippen LogP contribution is 2.33. The first-order chi connectivity index (χ1) is 10.7. The van der Waals surface area contributed by atoms with Gasteiger partial charge in [0, 0.05) is 6.54 Å². The molecule has 5 heteroatoms. The Morgan fingerprint density at radius 1 is 1.35 bits per heavy atom. The Bertz CT molecular complexity index is 604. The van der Waals surface area contributed by atoms with Crippen molar-refractivity contribution in [2.45, 2.75) is 52.0 Å². The Labute approximate surface area is 137 Å². The molecule has 23 heavy (non-hydrogen) atoms. The van der Waals surface area contributed by atoms with Gasteiger partial charge in [0.25, 0.3) is 5.91 Å². The molecule has 0 saturated carbocycles. The van der Waals surface area contributed by atoms with E-state index in [2.05, 4.69) is 20.8 Å². The van der Waals surface area contributed by atoms with Crippen LogP contribution in [-0.2, 0) is 15.0 Å². The van der Waals surface area contributed by atoms with Crippen molar-refractivity contribution in [3.05, 3.63) is 29.3 Å². The minimum absolute atomic E-state index is 0.0956. The third-order valence-corrected chi connectivity index (χ3v) is 4.22. The lowest BCUT2D eigenvalue weighted by Gasteiger charge is -2.25. The topological polar surface area (TPSA) is 66.8 Å². The maximum atomic E-state index is 12.3. The normalized spacial score (nSPS) is 18.1. The number of nitrogens with zero attached hydrogens (tertiary/aromatic N) is 1. The van der Waals surface area contributed by atoms with Crippen LogP contribution in [0, 0.1) is 6.92 Å². The number of carbonyl (C=O) groups is 2. The van der Waals surface area contributed by atoms with Crippen LogP contribution in [0.25, 0.3) is 0 Å². The number of benzene rings is 1. The van der Waals surface area contributed by atoms with Crippen molar-refractivity contribution < 1.29 is 19.4 Å². The second-order valence-corrected chi connectivity index (χ2v) is 7.07.